The van der Waals surface area contributed by atoms with Crippen LogP contribution in [-0.2, 0) is 14.8 Å². The highest BCUT2D eigenvalue weighted by atomic mass is 32.2. The molecule has 0 saturated carbocycles. The lowest BCUT2D eigenvalue weighted by Crippen LogP contribution is -2.34. The summed E-state index contributed by atoms with van der Waals surface area (Å²) in [5, 5.41) is 8.72. The van der Waals surface area contributed by atoms with Crippen molar-refractivity contribution in [2.24, 2.45) is 0 Å². The Balaban J connectivity index is 4.09. The number of sulfonamides is 1. The van der Waals surface area contributed by atoms with E-state index in [1.807, 2.05) is 0 Å². The molecule has 0 spiro atoms. The minimum Gasteiger partial charge on any atom is -0.384 e. The van der Waals surface area contributed by atoms with Crippen LogP contribution in [0.2, 0.25) is 0 Å². The molecule has 0 fully saturated rings. The first-order valence-electron chi connectivity index (χ1n) is 2.92. The van der Waals surface area contributed by atoms with E-state index >= 15 is 0 Å². The number of nitrogens with zero attached hydrogens (tertiary/aromatic N) is 1. The third-order valence-electron chi connectivity index (χ3n) is 1.17. The fourth-order valence-electron chi connectivity index (χ4n) is 0.442. The van der Waals surface area contributed by atoms with Crippen molar-refractivity contribution in [3.63, 3.8) is 0 Å². The Morgan fingerprint density at radius 3 is 2.36 bits per heavy atom. The van der Waals surface area contributed by atoms with Gasteiger partial charge < -0.3 is 9.90 Å². The molecule has 0 aromatic rings. The summed E-state index contributed by atoms with van der Waals surface area (Å²) in [5.41, 5.74) is 0. The average Bonchev–Trinajstić information content (AvgIpc) is 1.85. The van der Waals surface area contributed by atoms with E-state index in [1.54, 1.807) is 0 Å². The Morgan fingerprint density at radius 2 is 2.09 bits per heavy atom. The molecule has 1 unspecified atom stereocenters. The zero-order valence-corrected chi connectivity index (χ0v) is 7.21. The number of aliphatic hydroxyl groups is 1. The molecule has 0 aromatic heterocycles. The van der Waals surface area contributed by atoms with Gasteiger partial charge in [0, 0.05) is 13.6 Å². The quantitative estimate of drug-likeness (QED) is 0.532. The zero-order chi connectivity index (χ0) is 9.07. The van der Waals surface area contributed by atoms with Gasteiger partial charge in [-0.1, -0.05) is 0 Å². The highest BCUT2D eigenvalue weighted by Crippen LogP contribution is 1.93. The number of aldehydes is 1. The molecular formula is C5H11NO4S. The van der Waals surface area contributed by atoms with Gasteiger partial charge in [0.25, 0.3) is 0 Å². The number of aliphatic hydroxyl groups excluding tert-OH is 1. The molecule has 0 heterocycles. The maximum Gasteiger partial charge on any atom is 0.211 e. The Hall–Kier alpha value is -0.460. The molecule has 11 heavy (non-hydrogen) atoms. The molecule has 66 valence electrons. The first kappa shape index (κ1) is 10.5. The van der Waals surface area contributed by atoms with Gasteiger partial charge in [-0.25, -0.2) is 12.7 Å². The van der Waals surface area contributed by atoms with Crippen LogP contribution >= 0.6 is 0 Å². The minimum absolute atomic E-state index is 0.192. The predicted octanol–water partition coefficient (Wildman–Crippen LogP) is -1.56. The number of rotatable bonds is 4. The third-order valence-corrected chi connectivity index (χ3v) is 2.45. The van der Waals surface area contributed by atoms with E-state index in [0.717, 1.165) is 10.6 Å². The van der Waals surface area contributed by atoms with E-state index in [1.165, 1.54) is 7.05 Å². The second-order valence-electron chi connectivity index (χ2n) is 2.25. The van der Waals surface area contributed by atoms with Crippen LogP contribution in [0, 0.1) is 0 Å². The molecule has 0 aliphatic heterocycles. The molecule has 0 radical (unpaired) electrons. The normalized spacial score (nSPS) is 14.9. The van der Waals surface area contributed by atoms with Crippen LogP contribution < -0.4 is 0 Å². The fourth-order valence-corrected chi connectivity index (χ4v) is 0.865. The van der Waals surface area contributed by atoms with Gasteiger partial charge in [0.2, 0.25) is 10.0 Å². The predicted molar refractivity (Wildman–Crippen MR) is 39.5 cm³/mol. The van der Waals surface area contributed by atoms with E-state index in [9.17, 15) is 13.2 Å². The molecule has 0 aromatic carbocycles. The summed E-state index contributed by atoms with van der Waals surface area (Å²) < 4.78 is 22.3. The van der Waals surface area contributed by atoms with Crippen molar-refractivity contribution in [3.8, 4) is 0 Å². The molecule has 0 aliphatic carbocycles. The van der Waals surface area contributed by atoms with Gasteiger partial charge >= 0.3 is 0 Å². The van der Waals surface area contributed by atoms with Crippen molar-refractivity contribution in [1.29, 1.82) is 0 Å². The lowest BCUT2D eigenvalue weighted by Gasteiger charge is -2.14. The van der Waals surface area contributed by atoms with Crippen molar-refractivity contribution in [3.05, 3.63) is 0 Å². The second kappa shape index (κ2) is 3.80. The zero-order valence-electron chi connectivity index (χ0n) is 6.39. The fraction of sp³-hybridized carbons (Fsp3) is 0.800. The second-order valence-corrected chi connectivity index (χ2v) is 4.34. The maximum atomic E-state index is 10.7. The maximum absolute atomic E-state index is 10.7. The molecule has 0 saturated heterocycles. The van der Waals surface area contributed by atoms with Crippen molar-refractivity contribution < 1.29 is 18.3 Å². The van der Waals surface area contributed by atoms with Gasteiger partial charge in [-0.3, -0.25) is 0 Å². The summed E-state index contributed by atoms with van der Waals surface area (Å²) in [6.07, 6.45) is 0.0568. The highest BCUT2D eigenvalue weighted by Gasteiger charge is 2.14. The van der Waals surface area contributed by atoms with Gasteiger partial charge in [-0.15, -0.1) is 0 Å². The van der Waals surface area contributed by atoms with E-state index in [4.69, 9.17) is 5.11 Å². The van der Waals surface area contributed by atoms with Crippen LogP contribution in [-0.4, -0.2) is 50.1 Å². The van der Waals surface area contributed by atoms with Gasteiger partial charge in [-0.05, 0) is 0 Å². The molecule has 1 N–H and O–H groups in total. The van der Waals surface area contributed by atoms with Gasteiger partial charge in [0.1, 0.15) is 12.4 Å². The Kier molecular flexibility index (Phi) is 3.64. The number of carbonyl (C=O) groups is 1. The lowest BCUT2D eigenvalue weighted by atomic mass is 10.4. The van der Waals surface area contributed by atoms with Crippen LogP contribution in [0.3, 0.4) is 0 Å². The average molecular weight is 181 g/mol. The van der Waals surface area contributed by atoms with Gasteiger partial charge in [-0.2, -0.15) is 0 Å². The summed E-state index contributed by atoms with van der Waals surface area (Å²) >= 11 is 0. The van der Waals surface area contributed by atoms with Crippen molar-refractivity contribution >= 4 is 16.3 Å². The largest absolute Gasteiger partial charge is 0.384 e. The Bertz CT molecular complexity index is 223. The van der Waals surface area contributed by atoms with Crippen LogP contribution in [0.25, 0.3) is 0 Å². The number of hydrogen-bond acceptors (Lipinski definition) is 4. The van der Waals surface area contributed by atoms with Gasteiger partial charge in [0.15, 0.2) is 0 Å². The molecule has 1 atom stereocenters. The minimum atomic E-state index is -3.29. The van der Waals surface area contributed by atoms with Crippen molar-refractivity contribution in [2.75, 3.05) is 19.8 Å². The monoisotopic (exact) mass is 181 g/mol. The lowest BCUT2D eigenvalue weighted by molar-refractivity contribution is -0.115. The van der Waals surface area contributed by atoms with E-state index < -0.39 is 16.1 Å². The number of hydrogen-bond donors (Lipinski definition) is 1. The summed E-state index contributed by atoms with van der Waals surface area (Å²) in [5.74, 6) is 0. The smallest absolute Gasteiger partial charge is 0.211 e. The van der Waals surface area contributed by atoms with Crippen LogP contribution in [0.15, 0.2) is 0 Å². The Morgan fingerprint density at radius 1 is 1.64 bits per heavy atom. The van der Waals surface area contributed by atoms with E-state index in [2.05, 4.69) is 0 Å². The van der Waals surface area contributed by atoms with Crippen LogP contribution in [0.1, 0.15) is 0 Å². The van der Waals surface area contributed by atoms with Gasteiger partial charge in [0.05, 0.1) is 6.26 Å². The molecule has 5 nitrogen and oxygen atoms in total. The Labute approximate surface area is 65.7 Å². The van der Waals surface area contributed by atoms with Crippen LogP contribution in [0.5, 0.6) is 0 Å². The summed E-state index contributed by atoms with van der Waals surface area (Å²) in [6.45, 7) is -0.192. The summed E-state index contributed by atoms with van der Waals surface area (Å²) in [6, 6.07) is 0. The summed E-state index contributed by atoms with van der Waals surface area (Å²) in [7, 11) is -2.00. The topological polar surface area (TPSA) is 74.7 Å². The standard InChI is InChI=1S/C5H11NO4S/c1-6(11(2,9)10)3-5(8)4-7/h4-5,8H,3H2,1-2H3. The van der Waals surface area contributed by atoms with E-state index in [0.29, 0.717) is 6.29 Å². The molecule has 6 heteroatoms. The SMILES string of the molecule is CN(CC(O)C=O)S(C)(=O)=O. The van der Waals surface area contributed by atoms with Crippen molar-refractivity contribution in [2.45, 2.75) is 6.10 Å². The number of likely N-dealkylation sites (N-methyl/N-ethyl adjacent to an activating group) is 1. The van der Waals surface area contributed by atoms with Crippen LogP contribution in [0.4, 0.5) is 0 Å². The first-order valence-corrected chi connectivity index (χ1v) is 4.77. The molecule has 0 bridgehead atoms. The van der Waals surface area contributed by atoms with E-state index in [-0.39, 0.29) is 6.54 Å². The third kappa shape index (κ3) is 4.07. The molecule has 0 aliphatic rings. The number of carbonyl (C=O) groups excluding carboxylic acids is 1. The molecule has 0 rings (SSSR count). The highest BCUT2D eigenvalue weighted by molar-refractivity contribution is 7.88. The molecule has 0 amide bonds. The van der Waals surface area contributed by atoms with Crippen molar-refractivity contribution in [1.82, 2.24) is 4.31 Å². The summed E-state index contributed by atoms with van der Waals surface area (Å²) in [4.78, 5) is 9.90. The first-order chi connectivity index (χ1) is 4.88. The molecular weight excluding hydrogens is 170 g/mol.